The molecule has 0 unspecified atom stereocenters. The fourth-order valence-corrected chi connectivity index (χ4v) is 5.82. The molecule has 1 aliphatic heterocycles. The molecule has 0 spiro atoms. The maximum atomic E-state index is 13.7. The number of carbonyl (C=O) groups is 1. The van der Waals surface area contributed by atoms with E-state index in [1.165, 1.54) is 36.7 Å². The van der Waals surface area contributed by atoms with Crippen molar-refractivity contribution < 1.29 is 17.9 Å². The van der Waals surface area contributed by atoms with Crippen molar-refractivity contribution >= 4 is 49.7 Å². The molecule has 2 heterocycles. The lowest BCUT2D eigenvalue weighted by Crippen LogP contribution is -2.29. The van der Waals surface area contributed by atoms with Crippen LogP contribution in [0.25, 0.3) is 10.8 Å². The Bertz CT molecular complexity index is 1380. The second-order valence-corrected chi connectivity index (χ2v) is 9.17. The van der Waals surface area contributed by atoms with Crippen molar-refractivity contribution in [3.63, 3.8) is 0 Å². The summed E-state index contributed by atoms with van der Waals surface area (Å²) in [6, 6.07) is 9.84. The number of hydrogen-bond acceptors (Lipinski definition) is 6. The molecular weight excluding hydrogens is 440 g/mol. The summed E-state index contributed by atoms with van der Waals surface area (Å²) >= 11 is 6.34. The number of benzene rings is 2. The third-order valence-electron chi connectivity index (χ3n) is 5.05. The van der Waals surface area contributed by atoms with Gasteiger partial charge in [0.1, 0.15) is 0 Å². The summed E-state index contributed by atoms with van der Waals surface area (Å²) in [4.78, 5) is 15.7. The zero-order valence-electron chi connectivity index (χ0n) is 16.6. The van der Waals surface area contributed by atoms with Gasteiger partial charge in [-0.3, -0.25) is 9.10 Å². The van der Waals surface area contributed by atoms with Gasteiger partial charge in [-0.2, -0.15) is 5.26 Å². The van der Waals surface area contributed by atoms with E-state index in [0.717, 1.165) is 0 Å². The smallest absolute Gasteiger partial charge is 0.265 e. The first-order valence-electron chi connectivity index (χ1n) is 9.26. The number of hydrogen-bond donors (Lipinski definition) is 1. The Hall–Kier alpha value is -3.35. The standard InChI is InChI=1S/C21H17ClN4O4S/c1-12(27)25-17-8-13(10-23)9-18-14(17)6-7-26(18)31(28,29)19-5-3-4-15-20(19)16(22)11-24-21(15)30-2/h3-5,8-9,11H,6-7H2,1-2H3,(H,25,27). The van der Waals surface area contributed by atoms with Gasteiger partial charge in [0, 0.05) is 35.5 Å². The van der Waals surface area contributed by atoms with Crippen LogP contribution in [0.3, 0.4) is 0 Å². The number of nitriles is 1. The molecule has 4 rings (SSSR count). The summed E-state index contributed by atoms with van der Waals surface area (Å²) in [6.07, 6.45) is 1.74. The summed E-state index contributed by atoms with van der Waals surface area (Å²) in [6.45, 7) is 1.52. The number of rotatable bonds is 4. The summed E-state index contributed by atoms with van der Waals surface area (Å²) < 4.78 is 34.0. The van der Waals surface area contributed by atoms with Crippen LogP contribution >= 0.6 is 11.6 Å². The van der Waals surface area contributed by atoms with Crippen molar-refractivity contribution in [1.29, 1.82) is 5.26 Å². The fraction of sp³-hybridized carbons (Fsp3) is 0.190. The van der Waals surface area contributed by atoms with E-state index in [1.54, 1.807) is 18.2 Å². The Morgan fingerprint density at radius 3 is 2.81 bits per heavy atom. The molecule has 0 fully saturated rings. The minimum atomic E-state index is -4.05. The normalized spacial score (nSPS) is 13.0. The zero-order valence-corrected chi connectivity index (χ0v) is 18.2. The predicted octanol–water partition coefficient (Wildman–Crippen LogP) is 3.48. The van der Waals surface area contributed by atoms with E-state index in [2.05, 4.69) is 10.3 Å². The SMILES string of the molecule is COc1ncc(Cl)c2c(S(=O)(=O)N3CCc4c(NC(C)=O)cc(C#N)cc43)cccc12. The number of ether oxygens (including phenoxy) is 1. The molecule has 158 valence electrons. The van der Waals surface area contributed by atoms with Gasteiger partial charge in [0.2, 0.25) is 11.8 Å². The van der Waals surface area contributed by atoms with Crippen LogP contribution in [0.1, 0.15) is 18.1 Å². The first-order valence-corrected chi connectivity index (χ1v) is 11.1. The highest BCUT2D eigenvalue weighted by Gasteiger charge is 2.34. The number of pyridine rings is 1. The van der Waals surface area contributed by atoms with E-state index in [1.807, 2.05) is 6.07 Å². The molecule has 8 nitrogen and oxygen atoms in total. The molecule has 10 heteroatoms. The van der Waals surface area contributed by atoms with Crippen LogP contribution in [0.4, 0.5) is 11.4 Å². The highest BCUT2D eigenvalue weighted by atomic mass is 35.5. The highest BCUT2D eigenvalue weighted by Crippen LogP contribution is 2.41. The lowest BCUT2D eigenvalue weighted by molar-refractivity contribution is -0.114. The molecule has 0 radical (unpaired) electrons. The van der Waals surface area contributed by atoms with Gasteiger partial charge >= 0.3 is 0 Å². The Balaban J connectivity index is 1.93. The first kappa shape index (κ1) is 20.9. The van der Waals surface area contributed by atoms with E-state index < -0.39 is 10.0 Å². The van der Waals surface area contributed by atoms with E-state index in [-0.39, 0.29) is 33.8 Å². The molecule has 1 amide bonds. The second-order valence-electron chi connectivity index (χ2n) is 6.94. The summed E-state index contributed by atoms with van der Waals surface area (Å²) in [5, 5.41) is 13.0. The van der Waals surface area contributed by atoms with Crippen LogP contribution in [0, 0.1) is 11.3 Å². The van der Waals surface area contributed by atoms with Crippen molar-refractivity contribution in [2.24, 2.45) is 0 Å². The molecule has 0 atom stereocenters. The van der Waals surface area contributed by atoms with Gasteiger partial charge in [-0.05, 0) is 30.7 Å². The summed E-state index contributed by atoms with van der Waals surface area (Å²) in [5.74, 6) is -0.0444. The van der Waals surface area contributed by atoms with Gasteiger partial charge in [0.05, 0.1) is 40.5 Å². The highest BCUT2D eigenvalue weighted by molar-refractivity contribution is 7.93. The van der Waals surface area contributed by atoms with Crippen LogP contribution in [0.2, 0.25) is 5.02 Å². The van der Waals surface area contributed by atoms with Crippen LogP contribution < -0.4 is 14.4 Å². The number of nitrogens with zero attached hydrogens (tertiary/aromatic N) is 3. The Morgan fingerprint density at radius 1 is 1.35 bits per heavy atom. The maximum absolute atomic E-state index is 13.7. The lowest BCUT2D eigenvalue weighted by atomic mass is 10.1. The van der Waals surface area contributed by atoms with Gasteiger partial charge < -0.3 is 10.1 Å². The number of amides is 1. The molecule has 3 aromatic rings. The van der Waals surface area contributed by atoms with E-state index in [9.17, 15) is 18.5 Å². The largest absolute Gasteiger partial charge is 0.481 e. The monoisotopic (exact) mass is 456 g/mol. The maximum Gasteiger partial charge on any atom is 0.265 e. The molecule has 1 aliphatic rings. The Labute approximate surface area is 184 Å². The molecule has 0 saturated heterocycles. The number of fused-ring (bicyclic) bond motifs is 2. The number of nitrogens with one attached hydrogen (secondary N) is 1. The topological polar surface area (TPSA) is 112 Å². The van der Waals surface area contributed by atoms with Crippen LogP contribution in [-0.4, -0.2) is 33.0 Å². The third kappa shape index (κ3) is 3.44. The molecule has 0 aliphatic carbocycles. The number of halogens is 1. The quantitative estimate of drug-likeness (QED) is 0.643. The van der Waals surface area contributed by atoms with Gasteiger partial charge in [-0.15, -0.1) is 0 Å². The number of sulfonamides is 1. The predicted molar refractivity (Wildman–Crippen MR) is 117 cm³/mol. The van der Waals surface area contributed by atoms with E-state index >= 15 is 0 Å². The summed E-state index contributed by atoms with van der Waals surface area (Å²) in [7, 11) is -2.61. The van der Waals surface area contributed by atoms with Gasteiger partial charge in [-0.1, -0.05) is 17.7 Å². The van der Waals surface area contributed by atoms with Crippen molar-refractivity contribution in [1.82, 2.24) is 4.98 Å². The first-order chi connectivity index (χ1) is 14.8. The van der Waals surface area contributed by atoms with Crippen molar-refractivity contribution in [3.8, 4) is 11.9 Å². The van der Waals surface area contributed by atoms with Crippen LogP contribution in [0.15, 0.2) is 41.4 Å². The number of anilines is 2. The molecule has 0 bridgehead atoms. The van der Waals surface area contributed by atoms with Crippen LogP contribution in [0.5, 0.6) is 5.88 Å². The minimum Gasteiger partial charge on any atom is -0.481 e. The number of methoxy groups -OCH3 is 1. The molecular formula is C21H17ClN4O4S. The molecule has 2 aromatic carbocycles. The lowest BCUT2D eigenvalue weighted by Gasteiger charge is -2.22. The van der Waals surface area contributed by atoms with Crippen molar-refractivity contribution in [2.75, 3.05) is 23.3 Å². The average Bonchev–Trinajstić information content (AvgIpc) is 3.18. The minimum absolute atomic E-state index is 0.00647. The van der Waals surface area contributed by atoms with Gasteiger partial charge in [0.15, 0.2) is 0 Å². The fourth-order valence-electron chi connectivity index (χ4n) is 3.79. The molecule has 31 heavy (non-hydrogen) atoms. The molecule has 1 aromatic heterocycles. The van der Waals surface area contributed by atoms with E-state index in [0.29, 0.717) is 34.1 Å². The number of carbonyl (C=O) groups excluding carboxylic acids is 1. The summed E-state index contributed by atoms with van der Waals surface area (Å²) in [5.41, 5.74) is 1.69. The van der Waals surface area contributed by atoms with Crippen molar-refractivity contribution in [3.05, 3.63) is 52.7 Å². The van der Waals surface area contributed by atoms with Gasteiger partial charge in [-0.25, -0.2) is 13.4 Å². The number of aromatic nitrogens is 1. The Kier molecular flexibility index (Phi) is 5.21. The second kappa shape index (κ2) is 7.72. The zero-order chi connectivity index (χ0) is 22.3. The van der Waals surface area contributed by atoms with Crippen molar-refractivity contribution in [2.45, 2.75) is 18.2 Å². The third-order valence-corrected chi connectivity index (χ3v) is 7.19. The van der Waals surface area contributed by atoms with Crippen LogP contribution in [-0.2, 0) is 21.2 Å². The average molecular weight is 457 g/mol. The Morgan fingerprint density at radius 2 is 2.13 bits per heavy atom. The van der Waals surface area contributed by atoms with E-state index in [4.69, 9.17) is 16.3 Å². The molecule has 0 saturated carbocycles. The molecule has 1 N–H and O–H groups in total. The van der Waals surface area contributed by atoms with Gasteiger partial charge in [0.25, 0.3) is 10.0 Å².